The zero-order valence-electron chi connectivity index (χ0n) is 12.3. The topological polar surface area (TPSA) is 75.4 Å². The maximum Gasteiger partial charge on any atom is 0.243 e. The van der Waals surface area contributed by atoms with Gasteiger partial charge in [0.1, 0.15) is 6.04 Å². The molecule has 2 aliphatic rings. The quantitative estimate of drug-likeness (QED) is 0.760. The van der Waals surface area contributed by atoms with Crippen molar-refractivity contribution in [3.05, 3.63) is 0 Å². The van der Waals surface area contributed by atoms with Crippen molar-refractivity contribution in [3.8, 4) is 0 Å². The number of nitrogens with one attached hydrogen (secondary N) is 1. The van der Waals surface area contributed by atoms with Crippen LogP contribution in [0.4, 0.5) is 0 Å². The molecule has 1 heterocycles. The first-order chi connectivity index (χ1) is 9.54. The summed E-state index contributed by atoms with van der Waals surface area (Å²) in [5, 5.41) is 2.92. The van der Waals surface area contributed by atoms with Crippen LogP contribution in [0.25, 0.3) is 0 Å². The number of nitrogens with zero attached hydrogens (tertiary/aromatic N) is 1. The average molecular weight is 299 g/mol. The third-order valence-corrected chi connectivity index (χ3v) is 5.25. The number of rotatable bonds is 6. The summed E-state index contributed by atoms with van der Waals surface area (Å²) in [6.07, 6.45) is 3.16. The molecule has 5 nitrogen and oxygen atoms in total. The fourth-order valence-electron chi connectivity index (χ4n) is 2.36. The van der Waals surface area contributed by atoms with Crippen LogP contribution in [0.5, 0.6) is 0 Å². The van der Waals surface area contributed by atoms with Gasteiger partial charge in [0.15, 0.2) is 0 Å². The number of hydrogen-bond donors (Lipinski definition) is 2. The molecule has 0 spiro atoms. The first-order valence-electron chi connectivity index (χ1n) is 7.46. The molecule has 0 radical (unpaired) electrons. The normalized spacial score (nSPS) is 25.4. The Bertz CT molecular complexity index is 373. The third kappa shape index (κ3) is 3.67. The summed E-state index contributed by atoms with van der Waals surface area (Å²) < 4.78 is 0. The van der Waals surface area contributed by atoms with Gasteiger partial charge in [0.25, 0.3) is 0 Å². The van der Waals surface area contributed by atoms with E-state index >= 15 is 0 Å². The molecule has 2 amide bonds. The number of thioether (sulfide) groups is 1. The van der Waals surface area contributed by atoms with Crippen molar-refractivity contribution in [1.82, 2.24) is 10.2 Å². The Kier molecular flexibility index (Phi) is 5.32. The molecule has 3 N–H and O–H groups in total. The van der Waals surface area contributed by atoms with Gasteiger partial charge in [0, 0.05) is 24.3 Å². The minimum Gasteiger partial charge on any atom is -0.353 e. The van der Waals surface area contributed by atoms with Gasteiger partial charge >= 0.3 is 0 Å². The lowest BCUT2D eigenvalue weighted by Crippen LogP contribution is -2.50. The summed E-state index contributed by atoms with van der Waals surface area (Å²) in [6, 6.07) is -0.264. The molecule has 0 aromatic heterocycles. The lowest BCUT2D eigenvalue weighted by atomic mass is 10.1. The molecule has 2 rings (SSSR count). The van der Waals surface area contributed by atoms with E-state index in [1.165, 1.54) is 12.8 Å². The molecule has 20 heavy (non-hydrogen) atoms. The van der Waals surface area contributed by atoms with Gasteiger partial charge in [-0.1, -0.05) is 13.8 Å². The van der Waals surface area contributed by atoms with Gasteiger partial charge in [-0.2, -0.15) is 0 Å². The predicted octanol–water partition coefficient (Wildman–Crippen LogP) is 0.788. The molecule has 114 valence electrons. The number of hydrogen-bond acceptors (Lipinski definition) is 4. The minimum atomic E-state index is -0.326. The van der Waals surface area contributed by atoms with Crippen LogP contribution in [0.1, 0.15) is 33.1 Å². The van der Waals surface area contributed by atoms with Crippen LogP contribution in [0.3, 0.4) is 0 Å². The number of nitrogens with two attached hydrogens (primary N) is 1. The summed E-state index contributed by atoms with van der Waals surface area (Å²) in [6.45, 7) is 4.44. The average Bonchev–Trinajstić information content (AvgIpc) is 3.19. The lowest BCUT2D eigenvalue weighted by Gasteiger charge is -2.26. The van der Waals surface area contributed by atoms with Gasteiger partial charge in [-0.25, -0.2) is 0 Å². The highest BCUT2D eigenvalue weighted by atomic mass is 32.2. The summed E-state index contributed by atoms with van der Waals surface area (Å²) in [4.78, 5) is 26.2. The lowest BCUT2D eigenvalue weighted by molar-refractivity contribution is -0.140. The van der Waals surface area contributed by atoms with E-state index in [0.717, 1.165) is 6.42 Å². The van der Waals surface area contributed by atoms with Crippen LogP contribution in [0.15, 0.2) is 0 Å². The molecule has 1 aliphatic carbocycles. The Labute approximate surface area is 125 Å². The number of carbonyl (C=O) groups excluding carboxylic acids is 2. The Hall–Kier alpha value is -0.750. The van der Waals surface area contributed by atoms with E-state index < -0.39 is 0 Å². The van der Waals surface area contributed by atoms with Crippen LogP contribution in [0, 0.1) is 11.8 Å². The van der Waals surface area contributed by atoms with E-state index in [0.29, 0.717) is 24.1 Å². The van der Waals surface area contributed by atoms with Crippen molar-refractivity contribution >= 4 is 23.6 Å². The molecule has 3 unspecified atom stereocenters. The molecule has 1 aliphatic heterocycles. The first kappa shape index (κ1) is 15.6. The molecule has 6 heteroatoms. The highest BCUT2D eigenvalue weighted by Gasteiger charge is 2.36. The Morgan fingerprint density at radius 3 is 2.75 bits per heavy atom. The smallest absolute Gasteiger partial charge is 0.243 e. The SMILES string of the molecule is CCC(C)C(=O)N1CSCC1C(=O)NCC(N)C1CC1. The molecule has 3 atom stereocenters. The standard InChI is InChI=1S/C14H25N3O2S/c1-3-9(2)14(19)17-8-20-7-12(17)13(18)16-6-11(15)10-4-5-10/h9-12H,3-8,15H2,1-2H3,(H,16,18). The molecule has 1 saturated heterocycles. The fraction of sp³-hybridized carbons (Fsp3) is 0.857. The zero-order valence-corrected chi connectivity index (χ0v) is 13.1. The highest BCUT2D eigenvalue weighted by molar-refractivity contribution is 7.99. The highest BCUT2D eigenvalue weighted by Crippen LogP contribution is 2.31. The number of amides is 2. The minimum absolute atomic E-state index is 0.0160. The van der Waals surface area contributed by atoms with Crippen LogP contribution in [-0.2, 0) is 9.59 Å². The maximum absolute atomic E-state index is 12.3. The van der Waals surface area contributed by atoms with Crippen molar-refractivity contribution in [1.29, 1.82) is 0 Å². The maximum atomic E-state index is 12.3. The molecule has 0 aromatic carbocycles. The summed E-state index contributed by atoms with van der Waals surface area (Å²) >= 11 is 1.64. The van der Waals surface area contributed by atoms with Crippen LogP contribution in [0.2, 0.25) is 0 Å². The largest absolute Gasteiger partial charge is 0.353 e. The van der Waals surface area contributed by atoms with Gasteiger partial charge in [0.05, 0.1) is 5.88 Å². The Balaban J connectivity index is 1.85. The van der Waals surface area contributed by atoms with E-state index in [2.05, 4.69) is 5.32 Å². The van der Waals surface area contributed by atoms with Gasteiger partial charge in [-0.05, 0) is 25.2 Å². The van der Waals surface area contributed by atoms with Crippen LogP contribution in [-0.4, -0.2) is 47.0 Å². The molecule has 0 bridgehead atoms. The molecule has 1 saturated carbocycles. The van der Waals surface area contributed by atoms with Crippen molar-refractivity contribution in [3.63, 3.8) is 0 Å². The summed E-state index contributed by atoms with van der Waals surface area (Å²) in [7, 11) is 0. The van der Waals surface area contributed by atoms with Crippen molar-refractivity contribution in [2.75, 3.05) is 18.2 Å². The predicted molar refractivity (Wildman–Crippen MR) is 81.1 cm³/mol. The van der Waals surface area contributed by atoms with Crippen molar-refractivity contribution < 1.29 is 9.59 Å². The summed E-state index contributed by atoms with van der Waals surface area (Å²) in [5.74, 6) is 1.90. The van der Waals surface area contributed by atoms with Gasteiger partial charge in [-0.15, -0.1) is 11.8 Å². The van der Waals surface area contributed by atoms with Gasteiger partial charge in [-0.3, -0.25) is 9.59 Å². The van der Waals surface area contributed by atoms with E-state index in [1.54, 1.807) is 16.7 Å². The van der Waals surface area contributed by atoms with Crippen molar-refractivity contribution in [2.45, 2.75) is 45.2 Å². The van der Waals surface area contributed by atoms with E-state index in [4.69, 9.17) is 5.73 Å². The van der Waals surface area contributed by atoms with E-state index in [1.807, 2.05) is 13.8 Å². The summed E-state index contributed by atoms with van der Waals surface area (Å²) in [5.41, 5.74) is 5.99. The molecular formula is C14H25N3O2S. The van der Waals surface area contributed by atoms with E-state index in [-0.39, 0.29) is 29.8 Å². The fourth-order valence-corrected chi connectivity index (χ4v) is 3.53. The second-order valence-electron chi connectivity index (χ2n) is 5.88. The second-order valence-corrected chi connectivity index (χ2v) is 6.88. The van der Waals surface area contributed by atoms with Gasteiger partial charge in [0.2, 0.25) is 11.8 Å². The first-order valence-corrected chi connectivity index (χ1v) is 8.61. The van der Waals surface area contributed by atoms with E-state index in [9.17, 15) is 9.59 Å². The van der Waals surface area contributed by atoms with Gasteiger partial charge < -0.3 is 16.0 Å². The zero-order chi connectivity index (χ0) is 14.7. The Morgan fingerprint density at radius 2 is 2.15 bits per heavy atom. The third-order valence-electron chi connectivity index (χ3n) is 4.24. The second kappa shape index (κ2) is 6.80. The molecule has 0 aromatic rings. The number of carbonyl (C=O) groups is 2. The van der Waals surface area contributed by atoms with Crippen LogP contribution >= 0.6 is 11.8 Å². The molecule has 2 fully saturated rings. The van der Waals surface area contributed by atoms with Crippen molar-refractivity contribution in [2.24, 2.45) is 17.6 Å². The monoisotopic (exact) mass is 299 g/mol. The van der Waals surface area contributed by atoms with Crippen LogP contribution < -0.4 is 11.1 Å². The molecular weight excluding hydrogens is 274 g/mol. The Morgan fingerprint density at radius 1 is 1.45 bits per heavy atom.